The van der Waals surface area contributed by atoms with Gasteiger partial charge in [0.2, 0.25) is 0 Å². The molecule has 1 fully saturated rings. The number of carbonyl (C=O) groups is 2. The SMILES string of the molecule is C=C1C(=O)O[C@H]2/C=C(\C)CC/C=C(/C)C[C@@H](OC(C)=O)[C@@H]12. The van der Waals surface area contributed by atoms with Gasteiger partial charge in [-0.05, 0) is 32.8 Å². The summed E-state index contributed by atoms with van der Waals surface area (Å²) in [7, 11) is 0. The van der Waals surface area contributed by atoms with Crippen LogP contribution >= 0.6 is 0 Å². The minimum absolute atomic E-state index is 0.308. The first-order valence-electron chi connectivity index (χ1n) is 7.28. The van der Waals surface area contributed by atoms with Crippen LogP contribution in [0.15, 0.2) is 35.5 Å². The molecule has 21 heavy (non-hydrogen) atoms. The first-order valence-corrected chi connectivity index (χ1v) is 7.28. The molecule has 0 radical (unpaired) electrons. The average molecular weight is 290 g/mol. The maximum atomic E-state index is 11.9. The van der Waals surface area contributed by atoms with Crippen LogP contribution in [-0.4, -0.2) is 24.1 Å². The molecule has 0 aromatic carbocycles. The van der Waals surface area contributed by atoms with Crippen LogP contribution < -0.4 is 0 Å². The van der Waals surface area contributed by atoms with Crippen molar-refractivity contribution in [2.45, 2.75) is 52.2 Å². The smallest absolute Gasteiger partial charge is 0.334 e. The quantitative estimate of drug-likeness (QED) is 0.423. The Bertz CT molecular complexity index is 527. The van der Waals surface area contributed by atoms with E-state index < -0.39 is 12.1 Å². The fourth-order valence-corrected chi connectivity index (χ4v) is 2.95. The second-order valence-corrected chi connectivity index (χ2v) is 5.88. The van der Waals surface area contributed by atoms with Crippen LogP contribution in [0.3, 0.4) is 0 Å². The van der Waals surface area contributed by atoms with Gasteiger partial charge in [-0.3, -0.25) is 4.79 Å². The number of carbonyl (C=O) groups excluding carboxylic acids is 2. The molecule has 3 atom stereocenters. The number of hydrogen-bond acceptors (Lipinski definition) is 4. The number of esters is 2. The van der Waals surface area contributed by atoms with Crippen LogP contribution in [0.2, 0.25) is 0 Å². The van der Waals surface area contributed by atoms with Crippen LogP contribution in [0.25, 0.3) is 0 Å². The highest BCUT2D eigenvalue weighted by Gasteiger charge is 2.44. The summed E-state index contributed by atoms with van der Waals surface area (Å²) in [6, 6.07) is 0. The Morgan fingerprint density at radius 3 is 2.76 bits per heavy atom. The van der Waals surface area contributed by atoms with Crippen molar-refractivity contribution in [2.24, 2.45) is 5.92 Å². The van der Waals surface area contributed by atoms with Crippen LogP contribution in [0.5, 0.6) is 0 Å². The Morgan fingerprint density at radius 2 is 2.10 bits per heavy atom. The molecule has 4 heteroatoms. The molecule has 0 amide bonds. The van der Waals surface area contributed by atoms with Gasteiger partial charge in [0.05, 0.1) is 5.92 Å². The van der Waals surface area contributed by atoms with E-state index in [4.69, 9.17) is 9.47 Å². The molecule has 0 aromatic heterocycles. The van der Waals surface area contributed by atoms with Gasteiger partial charge in [0.1, 0.15) is 12.2 Å². The Morgan fingerprint density at radius 1 is 1.38 bits per heavy atom. The summed E-state index contributed by atoms with van der Waals surface area (Å²) in [6.45, 7) is 9.27. The molecule has 0 N–H and O–H groups in total. The molecule has 0 spiro atoms. The van der Waals surface area contributed by atoms with Crippen molar-refractivity contribution in [1.82, 2.24) is 0 Å². The fourth-order valence-electron chi connectivity index (χ4n) is 2.95. The minimum Gasteiger partial charge on any atom is -0.461 e. The summed E-state index contributed by atoms with van der Waals surface area (Å²) in [5.74, 6) is -1.05. The highest BCUT2D eigenvalue weighted by molar-refractivity contribution is 5.91. The molecule has 114 valence electrons. The van der Waals surface area contributed by atoms with Gasteiger partial charge in [0.25, 0.3) is 0 Å². The lowest BCUT2D eigenvalue weighted by Crippen LogP contribution is -2.32. The van der Waals surface area contributed by atoms with Gasteiger partial charge in [-0.1, -0.05) is 23.8 Å². The van der Waals surface area contributed by atoms with E-state index in [1.165, 1.54) is 12.5 Å². The van der Waals surface area contributed by atoms with E-state index in [1.807, 2.05) is 19.9 Å². The molecule has 2 aliphatic rings. The van der Waals surface area contributed by atoms with Crippen LogP contribution in [-0.2, 0) is 19.1 Å². The van der Waals surface area contributed by atoms with Crippen molar-refractivity contribution in [3.63, 3.8) is 0 Å². The van der Waals surface area contributed by atoms with E-state index in [0.717, 1.165) is 18.4 Å². The molecule has 1 aliphatic heterocycles. The predicted octanol–water partition coefficient (Wildman–Crippen LogP) is 3.09. The van der Waals surface area contributed by atoms with Crippen molar-refractivity contribution < 1.29 is 19.1 Å². The van der Waals surface area contributed by atoms with E-state index in [1.54, 1.807) is 0 Å². The highest BCUT2D eigenvalue weighted by Crippen LogP contribution is 2.36. The number of ether oxygens (including phenoxy) is 2. The first-order chi connectivity index (χ1) is 9.88. The van der Waals surface area contributed by atoms with E-state index in [9.17, 15) is 9.59 Å². The monoisotopic (exact) mass is 290 g/mol. The second kappa shape index (κ2) is 6.29. The summed E-state index contributed by atoms with van der Waals surface area (Å²) >= 11 is 0. The molecule has 0 aromatic rings. The maximum absolute atomic E-state index is 11.9. The van der Waals surface area contributed by atoms with Crippen molar-refractivity contribution in [3.05, 3.63) is 35.5 Å². The minimum atomic E-state index is -0.412. The van der Waals surface area contributed by atoms with Gasteiger partial charge in [-0.15, -0.1) is 0 Å². The number of rotatable bonds is 1. The molecule has 2 rings (SSSR count). The normalized spacial score (nSPS) is 34.9. The van der Waals surface area contributed by atoms with E-state index in [0.29, 0.717) is 12.0 Å². The zero-order chi connectivity index (χ0) is 15.6. The third-order valence-electron chi connectivity index (χ3n) is 3.98. The second-order valence-electron chi connectivity index (χ2n) is 5.88. The Kier molecular flexibility index (Phi) is 4.66. The first kappa shape index (κ1) is 15.5. The van der Waals surface area contributed by atoms with Gasteiger partial charge < -0.3 is 9.47 Å². The van der Waals surface area contributed by atoms with Gasteiger partial charge >= 0.3 is 11.9 Å². The molecule has 1 saturated heterocycles. The Hall–Kier alpha value is -1.84. The Labute approximate surface area is 125 Å². The van der Waals surface area contributed by atoms with Gasteiger partial charge in [0, 0.05) is 18.9 Å². The molecule has 0 bridgehead atoms. The van der Waals surface area contributed by atoms with Crippen molar-refractivity contribution in [2.75, 3.05) is 0 Å². The van der Waals surface area contributed by atoms with E-state index in [-0.39, 0.29) is 18.0 Å². The summed E-state index contributed by atoms with van der Waals surface area (Å²) in [5.41, 5.74) is 2.71. The molecule has 0 unspecified atom stereocenters. The van der Waals surface area contributed by atoms with E-state index in [2.05, 4.69) is 12.7 Å². The maximum Gasteiger partial charge on any atom is 0.334 e. The summed E-state index contributed by atoms with van der Waals surface area (Å²) in [5, 5.41) is 0. The van der Waals surface area contributed by atoms with Crippen molar-refractivity contribution >= 4 is 11.9 Å². The lowest BCUT2D eigenvalue weighted by molar-refractivity contribution is -0.149. The predicted molar refractivity (Wildman–Crippen MR) is 79.4 cm³/mol. The summed E-state index contributed by atoms with van der Waals surface area (Å²) < 4.78 is 10.9. The van der Waals surface area contributed by atoms with Crippen LogP contribution in [0.4, 0.5) is 0 Å². The molecule has 0 saturated carbocycles. The zero-order valence-corrected chi connectivity index (χ0v) is 12.8. The molecule has 4 nitrogen and oxygen atoms in total. The summed E-state index contributed by atoms with van der Waals surface area (Å²) in [4.78, 5) is 23.2. The van der Waals surface area contributed by atoms with Crippen molar-refractivity contribution in [1.29, 1.82) is 0 Å². The molecule has 1 heterocycles. The number of hydrogen-bond donors (Lipinski definition) is 0. The molecule has 1 aliphatic carbocycles. The largest absolute Gasteiger partial charge is 0.461 e. The highest BCUT2D eigenvalue weighted by atomic mass is 16.6. The molecular formula is C17H22O4. The van der Waals surface area contributed by atoms with Gasteiger partial charge in [-0.25, -0.2) is 4.79 Å². The third kappa shape index (κ3) is 3.63. The van der Waals surface area contributed by atoms with Crippen LogP contribution in [0, 0.1) is 5.92 Å². The summed E-state index contributed by atoms with van der Waals surface area (Å²) in [6.07, 6.45) is 5.80. The van der Waals surface area contributed by atoms with E-state index >= 15 is 0 Å². The Balaban J connectivity index is 2.39. The third-order valence-corrected chi connectivity index (χ3v) is 3.98. The topological polar surface area (TPSA) is 52.6 Å². The number of allylic oxidation sites excluding steroid dienone is 2. The average Bonchev–Trinajstić information content (AvgIpc) is 2.62. The van der Waals surface area contributed by atoms with Crippen LogP contribution in [0.1, 0.15) is 40.0 Å². The lowest BCUT2D eigenvalue weighted by Gasteiger charge is -2.26. The zero-order valence-electron chi connectivity index (χ0n) is 12.8. The number of fused-ring (bicyclic) bond motifs is 1. The van der Waals surface area contributed by atoms with Crippen molar-refractivity contribution in [3.8, 4) is 0 Å². The lowest BCUT2D eigenvalue weighted by atomic mass is 9.85. The van der Waals surface area contributed by atoms with Gasteiger partial charge in [0.15, 0.2) is 0 Å². The standard InChI is InChI=1S/C17H22O4/c1-10-6-5-7-11(2)9-15-16(12(3)17(19)21-15)14(8-10)20-13(4)18/h6,9,14-16H,3,5,7-8H2,1-2,4H3/b10-6-,11-9+/t14-,15+,16-/m1/s1. The molecular weight excluding hydrogens is 268 g/mol. The fraction of sp³-hybridized carbons (Fsp3) is 0.529. The van der Waals surface area contributed by atoms with Gasteiger partial charge in [-0.2, -0.15) is 0 Å².